The quantitative estimate of drug-likeness (QED) is 0.400. The van der Waals surface area contributed by atoms with Gasteiger partial charge in [0, 0.05) is 73.2 Å². The highest BCUT2D eigenvalue weighted by Crippen LogP contribution is 2.28. The van der Waals surface area contributed by atoms with Crippen LogP contribution in [-0.4, -0.2) is 57.9 Å². The van der Waals surface area contributed by atoms with Gasteiger partial charge in [-0.05, 0) is 70.1 Å². The van der Waals surface area contributed by atoms with Crippen LogP contribution >= 0.6 is 0 Å². The summed E-state index contributed by atoms with van der Waals surface area (Å²) in [7, 11) is 2.18. The van der Waals surface area contributed by atoms with Gasteiger partial charge in [0.25, 0.3) is 5.56 Å². The number of anilines is 1. The molecule has 1 fully saturated rings. The standard InChI is InChI=1S/C29H37N7O/c1-19(2)36-28-26(18-31-36)23(16-30-17-25-20(3)14-21(4)32-29(25)37)15-27(33-28)22-6-8-24(9-7-22)35-12-10-34(5)11-13-35/h6-9,14-15,18-19,30H,10-13,16-17H2,1-5H3,(H,32,37). The van der Waals surface area contributed by atoms with Gasteiger partial charge < -0.3 is 20.1 Å². The average Bonchev–Trinajstić information content (AvgIpc) is 3.31. The predicted molar refractivity (Wildman–Crippen MR) is 150 cm³/mol. The van der Waals surface area contributed by atoms with E-state index in [1.165, 1.54) is 5.69 Å². The van der Waals surface area contributed by atoms with Crippen LogP contribution in [0.3, 0.4) is 0 Å². The van der Waals surface area contributed by atoms with Gasteiger partial charge in [-0.25, -0.2) is 9.67 Å². The van der Waals surface area contributed by atoms with Crippen LogP contribution in [0.2, 0.25) is 0 Å². The van der Waals surface area contributed by atoms with Crippen LogP contribution in [0.1, 0.15) is 42.3 Å². The fourth-order valence-corrected chi connectivity index (χ4v) is 5.09. The van der Waals surface area contributed by atoms with Gasteiger partial charge in [0.1, 0.15) is 0 Å². The van der Waals surface area contributed by atoms with Crippen LogP contribution < -0.4 is 15.8 Å². The Labute approximate surface area is 218 Å². The topological polar surface area (TPSA) is 82.1 Å². The minimum absolute atomic E-state index is 0.0290. The molecule has 1 aliphatic rings. The summed E-state index contributed by atoms with van der Waals surface area (Å²) in [5.41, 5.74) is 7.91. The lowest BCUT2D eigenvalue weighted by Gasteiger charge is -2.34. The van der Waals surface area contributed by atoms with Crippen LogP contribution in [0, 0.1) is 13.8 Å². The third-order valence-electron chi connectivity index (χ3n) is 7.28. The van der Waals surface area contributed by atoms with E-state index in [0.29, 0.717) is 13.1 Å². The lowest BCUT2D eigenvalue weighted by atomic mass is 10.1. The maximum atomic E-state index is 12.5. The molecule has 0 saturated carbocycles. The zero-order valence-electron chi connectivity index (χ0n) is 22.5. The number of hydrogen-bond donors (Lipinski definition) is 2. The van der Waals surface area contributed by atoms with E-state index in [2.05, 4.69) is 76.4 Å². The van der Waals surface area contributed by atoms with E-state index < -0.39 is 0 Å². The lowest BCUT2D eigenvalue weighted by molar-refractivity contribution is 0.313. The molecule has 0 spiro atoms. The number of pyridine rings is 2. The van der Waals surface area contributed by atoms with E-state index in [0.717, 1.165) is 70.9 Å². The summed E-state index contributed by atoms with van der Waals surface area (Å²) in [6, 6.07) is 13.1. The van der Waals surface area contributed by atoms with Crippen LogP contribution in [0.25, 0.3) is 22.3 Å². The van der Waals surface area contributed by atoms with Crippen LogP contribution in [0.4, 0.5) is 5.69 Å². The molecule has 0 bridgehead atoms. The number of benzene rings is 1. The molecule has 2 N–H and O–H groups in total. The van der Waals surface area contributed by atoms with Crippen molar-refractivity contribution in [3.05, 3.63) is 75.3 Å². The number of nitrogens with zero attached hydrogens (tertiary/aromatic N) is 5. The molecule has 8 nitrogen and oxygen atoms in total. The van der Waals surface area contributed by atoms with Crippen molar-refractivity contribution in [3.8, 4) is 11.3 Å². The van der Waals surface area contributed by atoms with Gasteiger partial charge in [-0.1, -0.05) is 12.1 Å². The minimum Gasteiger partial charge on any atom is -0.369 e. The Morgan fingerprint density at radius 3 is 2.43 bits per heavy atom. The third kappa shape index (κ3) is 5.31. The summed E-state index contributed by atoms with van der Waals surface area (Å²) in [6.07, 6.45) is 1.91. The van der Waals surface area contributed by atoms with Gasteiger partial charge in [-0.15, -0.1) is 0 Å². The van der Waals surface area contributed by atoms with Crippen LogP contribution in [0.15, 0.2) is 47.4 Å². The fraction of sp³-hybridized carbons (Fsp3) is 0.414. The first kappa shape index (κ1) is 25.2. The van der Waals surface area contributed by atoms with Gasteiger partial charge in [0.15, 0.2) is 5.65 Å². The molecular weight excluding hydrogens is 462 g/mol. The van der Waals surface area contributed by atoms with Crippen molar-refractivity contribution in [2.75, 3.05) is 38.1 Å². The predicted octanol–water partition coefficient (Wildman–Crippen LogP) is 4.03. The molecule has 194 valence electrons. The lowest BCUT2D eigenvalue weighted by Crippen LogP contribution is -2.44. The van der Waals surface area contributed by atoms with Gasteiger partial charge in [0.05, 0.1) is 11.9 Å². The number of aromatic amines is 1. The van der Waals surface area contributed by atoms with Gasteiger partial charge in [-0.3, -0.25) is 4.79 Å². The zero-order valence-corrected chi connectivity index (χ0v) is 22.5. The number of aryl methyl sites for hydroxylation is 2. The normalized spacial score (nSPS) is 14.7. The van der Waals surface area contributed by atoms with E-state index in [-0.39, 0.29) is 11.6 Å². The molecule has 3 aromatic heterocycles. The minimum atomic E-state index is -0.0290. The highest BCUT2D eigenvalue weighted by molar-refractivity contribution is 5.82. The Morgan fingerprint density at radius 2 is 1.76 bits per heavy atom. The first-order chi connectivity index (χ1) is 17.8. The molecule has 4 aromatic rings. The second-order valence-electron chi connectivity index (χ2n) is 10.5. The second-order valence-corrected chi connectivity index (χ2v) is 10.5. The first-order valence-electron chi connectivity index (χ1n) is 13.1. The van der Waals surface area contributed by atoms with E-state index in [9.17, 15) is 4.79 Å². The van der Waals surface area contributed by atoms with Crippen molar-refractivity contribution >= 4 is 16.7 Å². The van der Waals surface area contributed by atoms with Crippen LogP contribution in [-0.2, 0) is 13.1 Å². The monoisotopic (exact) mass is 499 g/mol. The van der Waals surface area contributed by atoms with Crippen LogP contribution in [0.5, 0.6) is 0 Å². The molecule has 0 atom stereocenters. The maximum Gasteiger partial charge on any atom is 0.252 e. The third-order valence-corrected chi connectivity index (χ3v) is 7.28. The summed E-state index contributed by atoms with van der Waals surface area (Å²) in [4.78, 5) is 25.2. The van der Waals surface area contributed by atoms with Crippen molar-refractivity contribution in [1.29, 1.82) is 0 Å². The Morgan fingerprint density at radius 1 is 1.03 bits per heavy atom. The molecule has 0 unspecified atom stereocenters. The molecule has 0 aliphatic carbocycles. The number of piperazine rings is 1. The van der Waals surface area contributed by atoms with Crippen molar-refractivity contribution < 1.29 is 0 Å². The molecule has 1 aliphatic heterocycles. The van der Waals surface area contributed by atoms with Gasteiger partial charge in [0.2, 0.25) is 0 Å². The van der Waals surface area contributed by atoms with Crippen molar-refractivity contribution in [2.24, 2.45) is 0 Å². The number of likely N-dealkylation sites (N-methyl/N-ethyl adjacent to an activating group) is 1. The van der Waals surface area contributed by atoms with Crippen molar-refractivity contribution in [1.82, 2.24) is 30.0 Å². The number of hydrogen-bond acceptors (Lipinski definition) is 6. The van der Waals surface area contributed by atoms with Gasteiger partial charge >= 0.3 is 0 Å². The largest absolute Gasteiger partial charge is 0.369 e. The molecule has 1 aromatic carbocycles. The molecule has 1 saturated heterocycles. The second kappa shape index (κ2) is 10.5. The summed E-state index contributed by atoms with van der Waals surface area (Å²) in [5, 5.41) is 9.16. The molecular formula is C29H37N7O. The van der Waals surface area contributed by atoms with Crippen molar-refractivity contribution in [2.45, 2.75) is 46.8 Å². The van der Waals surface area contributed by atoms with E-state index >= 15 is 0 Å². The first-order valence-corrected chi connectivity index (χ1v) is 13.1. The summed E-state index contributed by atoms with van der Waals surface area (Å²) in [5.74, 6) is 0. The molecule has 0 amide bonds. The fourth-order valence-electron chi connectivity index (χ4n) is 5.09. The SMILES string of the molecule is Cc1cc(C)c(CNCc2cc(-c3ccc(N4CCN(C)CC4)cc3)nc3c2cnn3C(C)C)c(=O)[nH]1. The smallest absolute Gasteiger partial charge is 0.252 e. The molecule has 4 heterocycles. The van der Waals surface area contributed by atoms with E-state index in [4.69, 9.17) is 4.98 Å². The number of rotatable bonds is 7. The van der Waals surface area contributed by atoms with E-state index in [1.54, 1.807) is 0 Å². The average molecular weight is 500 g/mol. The van der Waals surface area contributed by atoms with Gasteiger partial charge in [-0.2, -0.15) is 5.10 Å². The summed E-state index contributed by atoms with van der Waals surface area (Å²) in [6.45, 7) is 13.5. The highest BCUT2D eigenvalue weighted by Gasteiger charge is 2.17. The van der Waals surface area contributed by atoms with Crippen molar-refractivity contribution in [3.63, 3.8) is 0 Å². The molecule has 5 rings (SSSR count). The Bertz CT molecular complexity index is 1440. The Hall–Kier alpha value is -3.49. The number of aromatic nitrogens is 4. The summed E-state index contributed by atoms with van der Waals surface area (Å²) < 4.78 is 1.98. The molecule has 8 heteroatoms. The number of nitrogens with one attached hydrogen (secondary N) is 2. The zero-order chi connectivity index (χ0) is 26.1. The highest BCUT2D eigenvalue weighted by atomic mass is 16.1. The number of H-pyrrole nitrogens is 1. The Kier molecular flexibility index (Phi) is 7.13. The summed E-state index contributed by atoms with van der Waals surface area (Å²) >= 11 is 0. The molecule has 37 heavy (non-hydrogen) atoms. The Balaban J connectivity index is 1.43. The maximum absolute atomic E-state index is 12.5. The molecule has 0 radical (unpaired) electrons. The number of fused-ring (bicyclic) bond motifs is 1. The van der Waals surface area contributed by atoms with E-state index in [1.807, 2.05) is 30.8 Å².